The molecular weight excluding hydrogens is 326 g/mol. The van der Waals surface area contributed by atoms with Crippen LogP contribution in [0, 0.1) is 0 Å². The van der Waals surface area contributed by atoms with Gasteiger partial charge in [-0.15, -0.1) is 0 Å². The molecule has 1 amide bonds. The second-order valence-corrected chi connectivity index (χ2v) is 7.35. The highest BCUT2D eigenvalue weighted by Crippen LogP contribution is 2.25. The van der Waals surface area contributed by atoms with Crippen molar-refractivity contribution in [2.75, 3.05) is 0 Å². The molecule has 24 heavy (non-hydrogen) atoms. The van der Waals surface area contributed by atoms with E-state index in [1.165, 1.54) is 10.2 Å². The van der Waals surface area contributed by atoms with E-state index in [4.69, 9.17) is 11.6 Å². The molecule has 0 aliphatic rings. The summed E-state index contributed by atoms with van der Waals surface area (Å²) in [5.41, 5.74) is 2.90. The van der Waals surface area contributed by atoms with E-state index >= 15 is 0 Å². The fraction of sp³-hybridized carbons (Fsp3) is 0.444. The summed E-state index contributed by atoms with van der Waals surface area (Å²) < 4.78 is 1.39. The zero-order valence-electron chi connectivity index (χ0n) is 14.7. The topological polar surface area (TPSA) is 67.2 Å². The molecule has 0 aliphatic heterocycles. The van der Waals surface area contributed by atoms with Gasteiger partial charge in [-0.1, -0.05) is 56.6 Å². The minimum atomic E-state index is -0.824. The van der Waals surface area contributed by atoms with Crippen LogP contribution in [0.15, 0.2) is 24.3 Å². The summed E-state index contributed by atoms with van der Waals surface area (Å²) in [6.07, 6.45) is -0.824. The molecule has 130 valence electrons. The van der Waals surface area contributed by atoms with Crippen molar-refractivity contribution in [2.45, 2.75) is 45.8 Å². The van der Waals surface area contributed by atoms with Gasteiger partial charge < -0.3 is 10.4 Å². The van der Waals surface area contributed by atoms with Gasteiger partial charge in [0.15, 0.2) is 0 Å². The monoisotopic (exact) mass is 349 g/mol. The molecule has 0 saturated heterocycles. The first-order valence-electron chi connectivity index (χ1n) is 7.89. The molecule has 1 aromatic carbocycles. The number of nitrogens with one attached hydrogen (secondary N) is 1. The van der Waals surface area contributed by atoms with Crippen molar-refractivity contribution in [1.82, 2.24) is 15.1 Å². The molecule has 1 atom stereocenters. The second kappa shape index (κ2) is 6.95. The van der Waals surface area contributed by atoms with Gasteiger partial charge in [0.25, 0.3) is 5.91 Å². The van der Waals surface area contributed by atoms with Gasteiger partial charge in [0.05, 0.1) is 11.1 Å². The summed E-state index contributed by atoms with van der Waals surface area (Å²) >= 11 is 6.17. The third-order valence-corrected chi connectivity index (χ3v) is 4.27. The molecule has 5 nitrogen and oxygen atoms in total. The van der Waals surface area contributed by atoms with E-state index < -0.39 is 6.10 Å². The number of carbonyl (C=O) groups is 1. The van der Waals surface area contributed by atoms with E-state index in [1.54, 1.807) is 14.0 Å². The number of hydrogen-bond acceptors (Lipinski definition) is 3. The fourth-order valence-electron chi connectivity index (χ4n) is 2.42. The number of rotatable bonds is 4. The number of aromatic nitrogens is 2. The van der Waals surface area contributed by atoms with Gasteiger partial charge in [-0.2, -0.15) is 5.10 Å². The van der Waals surface area contributed by atoms with Gasteiger partial charge in [-0.25, -0.2) is 0 Å². The van der Waals surface area contributed by atoms with E-state index in [0.717, 1.165) is 5.56 Å². The third-order valence-electron chi connectivity index (χ3n) is 3.90. The highest BCUT2D eigenvalue weighted by molar-refractivity contribution is 6.34. The maximum atomic E-state index is 12.4. The molecule has 6 heteroatoms. The Morgan fingerprint density at radius 3 is 2.38 bits per heavy atom. The lowest BCUT2D eigenvalue weighted by Crippen LogP contribution is -2.25. The molecule has 0 spiro atoms. The number of aliphatic hydroxyl groups is 1. The Bertz CT molecular complexity index is 728. The Kier molecular flexibility index (Phi) is 5.35. The largest absolute Gasteiger partial charge is 0.387 e. The van der Waals surface area contributed by atoms with Crippen LogP contribution < -0.4 is 5.32 Å². The number of amides is 1. The minimum absolute atomic E-state index is 0.0986. The van der Waals surface area contributed by atoms with Crippen LogP contribution in [0.4, 0.5) is 0 Å². The zero-order valence-corrected chi connectivity index (χ0v) is 15.5. The van der Waals surface area contributed by atoms with Crippen LogP contribution in [0.1, 0.15) is 61.1 Å². The van der Waals surface area contributed by atoms with Crippen LogP contribution in [0.2, 0.25) is 5.02 Å². The van der Waals surface area contributed by atoms with Crippen LogP contribution in [0.5, 0.6) is 0 Å². The maximum absolute atomic E-state index is 12.4. The normalized spacial score (nSPS) is 13.0. The Hall–Kier alpha value is -1.85. The molecule has 0 fully saturated rings. The summed E-state index contributed by atoms with van der Waals surface area (Å²) in [7, 11) is 1.63. The van der Waals surface area contributed by atoms with Crippen LogP contribution in [0.25, 0.3) is 0 Å². The molecule has 2 rings (SSSR count). The average Bonchev–Trinajstić information content (AvgIpc) is 2.79. The van der Waals surface area contributed by atoms with Crippen LogP contribution >= 0.6 is 11.6 Å². The average molecular weight is 350 g/mol. The van der Waals surface area contributed by atoms with E-state index in [2.05, 4.69) is 43.3 Å². The fourth-order valence-corrected chi connectivity index (χ4v) is 2.82. The number of aryl methyl sites for hydroxylation is 1. The Balaban J connectivity index is 2.09. The van der Waals surface area contributed by atoms with Crippen LogP contribution in [0.3, 0.4) is 0 Å². The first kappa shape index (κ1) is 18.5. The summed E-state index contributed by atoms with van der Waals surface area (Å²) in [5.74, 6) is -0.318. The number of benzene rings is 1. The maximum Gasteiger partial charge on any atom is 0.271 e. The standard InChI is InChI=1S/C18H24ClN3O2/c1-11(23)15-14(19)16(22(5)21-15)17(24)20-10-12-6-8-13(9-7-12)18(2,3)4/h6-9,11,23H,10H2,1-5H3,(H,20,24). The van der Waals surface area contributed by atoms with Crippen molar-refractivity contribution >= 4 is 17.5 Å². The molecule has 2 N–H and O–H groups in total. The summed E-state index contributed by atoms with van der Waals surface area (Å²) in [5, 5.41) is 16.8. The molecule has 1 heterocycles. The van der Waals surface area contributed by atoms with E-state index in [9.17, 15) is 9.90 Å². The van der Waals surface area contributed by atoms with Gasteiger partial charge in [0, 0.05) is 13.6 Å². The lowest BCUT2D eigenvalue weighted by Gasteiger charge is -2.19. The highest BCUT2D eigenvalue weighted by atomic mass is 35.5. The molecule has 0 radical (unpaired) electrons. The lowest BCUT2D eigenvalue weighted by molar-refractivity contribution is 0.0941. The van der Waals surface area contributed by atoms with Gasteiger partial charge in [0.1, 0.15) is 11.4 Å². The Morgan fingerprint density at radius 1 is 1.33 bits per heavy atom. The van der Waals surface area contributed by atoms with Crippen molar-refractivity contribution in [3.05, 3.63) is 51.8 Å². The van der Waals surface area contributed by atoms with E-state index in [0.29, 0.717) is 12.2 Å². The number of nitrogens with zero attached hydrogens (tertiary/aromatic N) is 2. The minimum Gasteiger partial charge on any atom is -0.387 e. The molecule has 1 unspecified atom stereocenters. The smallest absolute Gasteiger partial charge is 0.271 e. The van der Waals surface area contributed by atoms with Gasteiger partial charge in [0.2, 0.25) is 0 Å². The molecule has 1 aromatic heterocycles. The van der Waals surface area contributed by atoms with Crippen molar-refractivity contribution in [2.24, 2.45) is 7.05 Å². The lowest BCUT2D eigenvalue weighted by atomic mass is 9.87. The van der Waals surface area contributed by atoms with Crippen LogP contribution in [-0.2, 0) is 19.0 Å². The third kappa shape index (κ3) is 3.97. The summed E-state index contributed by atoms with van der Waals surface area (Å²) in [4.78, 5) is 12.4. The molecule has 2 aromatic rings. The SMILES string of the molecule is CC(O)c1nn(C)c(C(=O)NCc2ccc(C(C)(C)C)cc2)c1Cl. The second-order valence-electron chi connectivity index (χ2n) is 6.98. The van der Waals surface area contributed by atoms with Crippen molar-refractivity contribution in [3.63, 3.8) is 0 Å². The van der Waals surface area contributed by atoms with Gasteiger partial charge in [-0.05, 0) is 23.5 Å². The Labute approximate surface area is 147 Å². The number of hydrogen-bond donors (Lipinski definition) is 2. The van der Waals surface area contributed by atoms with Gasteiger partial charge >= 0.3 is 0 Å². The quantitative estimate of drug-likeness (QED) is 0.889. The summed E-state index contributed by atoms with van der Waals surface area (Å²) in [6.45, 7) is 8.44. The van der Waals surface area contributed by atoms with E-state index in [-0.39, 0.29) is 22.0 Å². The first-order chi connectivity index (χ1) is 11.1. The highest BCUT2D eigenvalue weighted by Gasteiger charge is 2.22. The predicted octanol–water partition coefficient (Wildman–Crippen LogP) is 3.35. The zero-order chi connectivity index (χ0) is 18.1. The number of halogens is 1. The Morgan fingerprint density at radius 2 is 1.92 bits per heavy atom. The molecule has 0 saturated carbocycles. The van der Waals surface area contributed by atoms with Crippen molar-refractivity contribution in [3.8, 4) is 0 Å². The van der Waals surface area contributed by atoms with Gasteiger partial charge in [-0.3, -0.25) is 9.48 Å². The predicted molar refractivity (Wildman–Crippen MR) is 95.2 cm³/mol. The number of carbonyl (C=O) groups excluding carboxylic acids is 1. The van der Waals surface area contributed by atoms with Crippen molar-refractivity contribution in [1.29, 1.82) is 0 Å². The molecule has 0 aliphatic carbocycles. The van der Waals surface area contributed by atoms with Crippen molar-refractivity contribution < 1.29 is 9.90 Å². The first-order valence-corrected chi connectivity index (χ1v) is 8.27. The van der Waals surface area contributed by atoms with Crippen LogP contribution in [-0.4, -0.2) is 20.8 Å². The molecular formula is C18H24ClN3O2. The summed E-state index contributed by atoms with van der Waals surface area (Å²) in [6, 6.07) is 8.16. The van der Waals surface area contributed by atoms with E-state index in [1.807, 2.05) is 12.1 Å². The molecule has 0 bridgehead atoms. The number of aliphatic hydroxyl groups excluding tert-OH is 1.